The van der Waals surface area contributed by atoms with Gasteiger partial charge < -0.3 is 11.5 Å². The van der Waals surface area contributed by atoms with Gasteiger partial charge >= 0.3 is 0 Å². The zero-order valence-electron chi connectivity index (χ0n) is 11.5. The fraction of sp³-hybridized carbons (Fsp3) is 1.00. The molecule has 0 aromatic carbocycles. The molecule has 0 amide bonds. The molecule has 0 radical (unpaired) electrons. The fourth-order valence-electron chi connectivity index (χ4n) is 5.47. The van der Waals surface area contributed by atoms with E-state index in [1.54, 1.807) is 0 Å². The van der Waals surface area contributed by atoms with E-state index in [0.717, 1.165) is 11.8 Å². The highest BCUT2D eigenvalue weighted by Gasteiger charge is 2.59. The van der Waals surface area contributed by atoms with Gasteiger partial charge in [-0.05, 0) is 75.0 Å². The molecule has 0 heterocycles. The van der Waals surface area contributed by atoms with E-state index in [0.29, 0.717) is 22.9 Å². The second kappa shape index (κ2) is 5.12. The molecule has 4 rings (SSSR count). The van der Waals surface area contributed by atoms with Gasteiger partial charge in [-0.2, -0.15) is 0 Å². The largest absolute Gasteiger partial charge is 0.327 e. The lowest BCUT2D eigenvalue weighted by molar-refractivity contribution is -0.126. The highest BCUT2D eigenvalue weighted by atomic mass is 35.5. The minimum atomic E-state index is 0. The molecule has 0 spiro atoms. The van der Waals surface area contributed by atoms with Crippen LogP contribution in [-0.2, 0) is 0 Å². The van der Waals surface area contributed by atoms with Crippen LogP contribution in [0, 0.1) is 22.7 Å². The van der Waals surface area contributed by atoms with Crippen LogP contribution in [0.4, 0.5) is 0 Å². The topological polar surface area (TPSA) is 52.0 Å². The van der Waals surface area contributed by atoms with E-state index in [4.69, 9.17) is 11.5 Å². The molecule has 4 aliphatic carbocycles. The van der Waals surface area contributed by atoms with E-state index >= 15 is 0 Å². The SMILES string of the molecule is CC(N)C12CC3CC(C1)CC(C(C)N)(C3)C2.Cl.Cl. The molecular weight excluding hydrogens is 267 g/mol. The third-order valence-electron chi connectivity index (χ3n) is 6.08. The van der Waals surface area contributed by atoms with Crippen molar-refractivity contribution in [2.45, 2.75) is 64.5 Å². The molecule has 4 aliphatic rings. The van der Waals surface area contributed by atoms with Crippen LogP contribution >= 0.6 is 24.8 Å². The number of halogens is 2. The van der Waals surface area contributed by atoms with E-state index < -0.39 is 0 Å². The fourth-order valence-corrected chi connectivity index (χ4v) is 5.47. The minimum absolute atomic E-state index is 0. The lowest BCUT2D eigenvalue weighted by atomic mass is 9.41. The second-order valence-electron chi connectivity index (χ2n) is 7.26. The molecule has 2 unspecified atom stereocenters. The van der Waals surface area contributed by atoms with Gasteiger partial charge in [0, 0.05) is 12.1 Å². The van der Waals surface area contributed by atoms with Gasteiger partial charge in [0.25, 0.3) is 0 Å². The van der Waals surface area contributed by atoms with Gasteiger partial charge in [0.1, 0.15) is 0 Å². The van der Waals surface area contributed by atoms with Gasteiger partial charge in [-0.15, -0.1) is 24.8 Å². The molecular formula is C14H28Cl2N2. The van der Waals surface area contributed by atoms with Gasteiger partial charge in [0.05, 0.1) is 0 Å². The standard InChI is InChI=1S/C14H26N2.2ClH/c1-9(15)13-4-11-3-12(5-13)7-14(6-11,8-13)10(2)16;;/h9-12H,3-8,15-16H2,1-2H3;2*1H. The van der Waals surface area contributed by atoms with Gasteiger partial charge in [-0.3, -0.25) is 0 Å². The first-order valence-electron chi connectivity index (χ1n) is 6.97. The van der Waals surface area contributed by atoms with Crippen molar-refractivity contribution in [1.82, 2.24) is 0 Å². The molecule has 0 saturated heterocycles. The van der Waals surface area contributed by atoms with E-state index in [9.17, 15) is 0 Å². The normalized spacial score (nSPS) is 48.0. The monoisotopic (exact) mass is 294 g/mol. The Morgan fingerprint density at radius 1 is 0.833 bits per heavy atom. The summed E-state index contributed by atoms with van der Waals surface area (Å²) in [5.74, 6) is 1.86. The van der Waals surface area contributed by atoms with Crippen LogP contribution in [0.25, 0.3) is 0 Å². The molecule has 18 heavy (non-hydrogen) atoms. The first-order valence-corrected chi connectivity index (χ1v) is 6.97. The summed E-state index contributed by atoms with van der Waals surface area (Å²) < 4.78 is 0. The molecule has 2 nitrogen and oxygen atoms in total. The summed E-state index contributed by atoms with van der Waals surface area (Å²) in [6, 6.07) is 0.716. The van der Waals surface area contributed by atoms with Gasteiger partial charge in [0.2, 0.25) is 0 Å². The maximum absolute atomic E-state index is 6.31. The van der Waals surface area contributed by atoms with Crippen molar-refractivity contribution in [3.63, 3.8) is 0 Å². The van der Waals surface area contributed by atoms with E-state index in [-0.39, 0.29) is 24.8 Å². The average molecular weight is 295 g/mol. The van der Waals surface area contributed by atoms with Crippen molar-refractivity contribution >= 4 is 24.8 Å². The van der Waals surface area contributed by atoms with Crippen LogP contribution in [0.15, 0.2) is 0 Å². The molecule has 4 saturated carbocycles. The van der Waals surface area contributed by atoms with Gasteiger partial charge in [-0.25, -0.2) is 0 Å². The third kappa shape index (κ3) is 2.19. The van der Waals surface area contributed by atoms with E-state index in [2.05, 4.69) is 13.8 Å². The van der Waals surface area contributed by atoms with Crippen molar-refractivity contribution in [1.29, 1.82) is 0 Å². The molecule has 4 N–H and O–H groups in total. The number of hydrogen-bond donors (Lipinski definition) is 2. The molecule has 0 aliphatic heterocycles. The molecule has 4 heteroatoms. The van der Waals surface area contributed by atoms with E-state index in [1.807, 2.05) is 0 Å². The zero-order valence-corrected chi connectivity index (χ0v) is 13.2. The van der Waals surface area contributed by atoms with Crippen LogP contribution < -0.4 is 11.5 Å². The lowest BCUT2D eigenvalue weighted by Crippen LogP contribution is -2.61. The first kappa shape index (κ1) is 16.6. The van der Waals surface area contributed by atoms with Gasteiger partial charge in [-0.1, -0.05) is 0 Å². The van der Waals surface area contributed by atoms with Crippen LogP contribution in [-0.4, -0.2) is 12.1 Å². The van der Waals surface area contributed by atoms with Crippen LogP contribution in [0.2, 0.25) is 0 Å². The van der Waals surface area contributed by atoms with Crippen molar-refractivity contribution in [3.8, 4) is 0 Å². The third-order valence-corrected chi connectivity index (χ3v) is 6.08. The summed E-state index contributed by atoms with van der Waals surface area (Å²) in [7, 11) is 0. The van der Waals surface area contributed by atoms with Crippen molar-refractivity contribution < 1.29 is 0 Å². The maximum atomic E-state index is 6.31. The van der Waals surface area contributed by atoms with Crippen LogP contribution in [0.5, 0.6) is 0 Å². The number of rotatable bonds is 2. The van der Waals surface area contributed by atoms with Crippen LogP contribution in [0.3, 0.4) is 0 Å². The Morgan fingerprint density at radius 2 is 1.17 bits per heavy atom. The van der Waals surface area contributed by atoms with E-state index in [1.165, 1.54) is 38.5 Å². The second-order valence-corrected chi connectivity index (χ2v) is 7.26. The Balaban J connectivity index is 0.000000810. The predicted molar refractivity (Wildman–Crippen MR) is 81.3 cm³/mol. The van der Waals surface area contributed by atoms with Crippen molar-refractivity contribution in [3.05, 3.63) is 0 Å². The Morgan fingerprint density at radius 3 is 1.44 bits per heavy atom. The molecule has 2 atom stereocenters. The summed E-state index contributed by atoms with van der Waals surface area (Å²) in [6.45, 7) is 4.45. The average Bonchev–Trinajstić information content (AvgIpc) is 2.14. The molecule has 108 valence electrons. The molecule has 4 fully saturated rings. The minimum Gasteiger partial charge on any atom is -0.327 e. The molecule has 0 aromatic rings. The summed E-state index contributed by atoms with van der Waals surface area (Å²) in [5, 5.41) is 0. The summed E-state index contributed by atoms with van der Waals surface area (Å²) in [6.07, 6.45) is 8.31. The highest BCUT2D eigenvalue weighted by Crippen LogP contribution is 2.66. The molecule has 0 aromatic heterocycles. The Kier molecular flexibility index (Phi) is 4.71. The summed E-state index contributed by atoms with van der Waals surface area (Å²) in [5.41, 5.74) is 13.5. The maximum Gasteiger partial charge on any atom is 0.00674 e. The van der Waals surface area contributed by atoms with Gasteiger partial charge in [0.15, 0.2) is 0 Å². The molecule has 4 bridgehead atoms. The highest BCUT2D eigenvalue weighted by molar-refractivity contribution is 5.85. The Hall–Kier alpha value is 0.500. The lowest BCUT2D eigenvalue weighted by Gasteiger charge is -2.64. The Bertz CT molecular complexity index is 264. The first-order chi connectivity index (χ1) is 7.46. The Labute approximate surface area is 123 Å². The zero-order chi connectivity index (χ0) is 11.6. The number of hydrogen-bond acceptors (Lipinski definition) is 2. The van der Waals surface area contributed by atoms with Crippen molar-refractivity contribution in [2.24, 2.45) is 34.1 Å². The smallest absolute Gasteiger partial charge is 0.00674 e. The summed E-state index contributed by atoms with van der Waals surface area (Å²) in [4.78, 5) is 0. The quantitative estimate of drug-likeness (QED) is 0.822. The summed E-state index contributed by atoms with van der Waals surface area (Å²) >= 11 is 0. The number of nitrogens with two attached hydrogens (primary N) is 2. The predicted octanol–water partition coefficient (Wildman–Crippen LogP) is 3.11. The van der Waals surface area contributed by atoms with Crippen molar-refractivity contribution in [2.75, 3.05) is 0 Å². The van der Waals surface area contributed by atoms with Crippen LogP contribution in [0.1, 0.15) is 52.4 Å².